The second-order valence-corrected chi connectivity index (χ2v) is 7.26. The minimum Gasteiger partial charge on any atom is -0.376 e. The minimum atomic E-state index is -0.512. The Morgan fingerprint density at radius 3 is 2.72 bits per heavy atom. The first-order valence-electron chi connectivity index (χ1n) is 9.90. The third kappa shape index (κ3) is 4.71. The zero-order valence-electron chi connectivity index (χ0n) is 16.2. The summed E-state index contributed by atoms with van der Waals surface area (Å²) in [5, 5.41) is 0. The quantitative estimate of drug-likeness (QED) is 0.612. The third-order valence-electron chi connectivity index (χ3n) is 5.17. The molecule has 0 aliphatic carbocycles. The normalized spacial score (nSPS) is 16.1. The number of aromatic nitrogens is 2. The molecule has 1 aliphatic heterocycles. The fourth-order valence-electron chi connectivity index (χ4n) is 3.64. The van der Waals surface area contributed by atoms with Gasteiger partial charge in [-0.2, -0.15) is 0 Å². The van der Waals surface area contributed by atoms with Crippen LogP contribution in [0.4, 0.5) is 4.39 Å². The van der Waals surface area contributed by atoms with Crippen molar-refractivity contribution in [2.24, 2.45) is 0 Å². The molecule has 0 unspecified atom stereocenters. The van der Waals surface area contributed by atoms with Gasteiger partial charge in [-0.3, -0.25) is 4.79 Å². The number of ether oxygens (including phenoxy) is 1. The van der Waals surface area contributed by atoms with Crippen LogP contribution in [0.2, 0.25) is 0 Å². The Morgan fingerprint density at radius 1 is 1.17 bits per heavy atom. The molecule has 0 radical (unpaired) electrons. The highest BCUT2D eigenvalue weighted by molar-refractivity contribution is 5.94. The summed E-state index contributed by atoms with van der Waals surface area (Å²) in [6, 6.07) is 16.2. The van der Waals surface area contributed by atoms with Gasteiger partial charge in [0.1, 0.15) is 11.6 Å². The van der Waals surface area contributed by atoms with Crippen LogP contribution in [-0.2, 0) is 17.8 Å². The van der Waals surface area contributed by atoms with Gasteiger partial charge in [-0.1, -0.05) is 42.5 Å². The second kappa shape index (κ2) is 9.01. The Bertz CT molecular complexity index is 952. The van der Waals surface area contributed by atoms with Gasteiger partial charge in [0.2, 0.25) is 0 Å². The molecule has 29 heavy (non-hydrogen) atoms. The van der Waals surface area contributed by atoms with Gasteiger partial charge in [0.25, 0.3) is 5.91 Å². The molecule has 1 saturated heterocycles. The first kappa shape index (κ1) is 19.3. The number of imidazole rings is 1. The largest absolute Gasteiger partial charge is 0.376 e. The molecule has 1 atom stereocenters. The van der Waals surface area contributed by atoms with Gasteiger partial charge in [-0.15, -0.1) is 0 Å². The maximum atomic E-state index is 14.3. The van der Waals surface area contributed by atoms with Crippen molar-refractivity contribution in [3.8, 4) is 0 Å². The number of nitrogens with zero attached hydrogens (tertiary/aromatic N) is 3. The van der Waals surface area contributed by atoms with Gasteiger partial charge in [-0.05, 0) is 30.5 Å². The Balaban J connectivity index is 1.56. The van der Waals surface area contributed by atoms with E-state index in [1.54, 1.807) is 23.2 Å². The first-order valence-corrected chi connectivity index (χ1v) is 9.90. The van der Waals surface area contributed by atoms with Gasteiger partial charge in [0, 0.05) is 32.1 Å². The van der Waals surface area contributed by atoms with Crippen LogP contribution in [0.1, 0.15) is 34.6 Å². The van der Waals surface area contributed by atoms with Crippen molar-refractivity contribution in [2.45, 2.75) is 32.0 Å². The number of halogens is 1. The lowest BCUT2D eigenvalue weighted by Gasteiger charge is -2.26. The molecule has 0 N–H and O–H groups in total. The molecule has 0 saturated carbocycles. The van der Waals surface area contributed by atoms with Gasteiger partial charge in [-0.25, -0.2) is 9.37 Å². The predicted octanol–water partition coefficient (Wildman–Crippen LogP) is 3.89. The van der Waals surface area contributed by atoms with Crippen LogP contribution < -0.4 is 0 Å². The monoisotopic (exact) mass is 393 g/mol. The van der Waals surface area contributed by atoms with Crippen LogP contribution in [0.5, 0.6) is 0 Å². The van der Waals surface area contributed by atoms with Crippen molar-refractivity contribution < 1.29 is 13.9 Å². The maximum absolute atomic E-state index is 14.3. The number of hydrogen-bond donors (Lipinski definition) is 0. The molecule has 2 aromatic carbocycles. The van der Waals surface area contributed by atoms with Gasteiger partial charge >= 0.3 is 0 Å². The topological polar surface area (TPSA) is 47.4 Å². The summed E-state index contributed by atoms with van der Waals surface area (Å²) in [4.78, 5) is 19.3. The van der Waals surface area contributed by atoms with Crippen LogP contribution >= 0.6 is 0 Å². The Morgan fingerprint density at radius 2 is 1.97 bits per heavy atom. The highest BCUT2D eigenvalue weighted by atomic mass is 19.1. The average Bonchev–Trinajstić information content (AvgIpc) is 3.41. The maximum Gasteiger partial charge on any atom is 0.257 e. The Kier molecular flexibility index (Phi) is 6.00. The van der Waals surface area contributed by atoms with Crippen molar-refractivity contribution in [2.75, 3.05) is 13.2 Å². The number of rotatable bonds is 7. The zero-order valence-corrected chi connectivity index (χ0v) is 16.2. The van der Waals surface area contributed by atoms with E-state index in [-0.39, 0.29) is 17.6 Å². The fourth-order valence-corrected chi connectivity index (χ4v) is 3.64. The van der Waals surface area contributed by atoms with Crippen molar-refractivity contribution in [3.05, 3.63) is 89.8 Å². The molecule has 0 bridgehead atoms. The predicted molar refractivity (Wildman–Crippen MR) is 108 cm³/mol. The van der Waals surface area contributed by atoms with Gasteiger partial charge < -0.3 is 14.2 Å². The van der Waals surface area contributed by atoms with E-state index in [9.17, 15) is 9.18 Å². The van der Waals surface area contributed by atoms with Gasteiger partial charge in [0.15, 0.2) is 0 Å². The number of benzene rings is 2. The van der Waals surface area contributed by atoms with E-state index in [2.05, 4.69) is 17.1 Å². The van der Waals surface area contributed by atoms with E-state index in [4.69, 9.17) is 4.74 Å². The van der Waals surface area contributed by atoms with E-state index >= 15 is 0 Å². The summed E-state index contributed by atoms with van der Waals surface area (Å²) in [6.45, 7) is 2.09. The Labute approximate surface area is 169 Å². The van der Waals surface area contributed by atoms with Crippen LogP contribution in [0.15, 0.2) is 67.0 Å². The SMILES string of the molecule is O=C(c1ccccc1F)N(Cc1nccn1Cc1ccccc1)C[C@H]1CCCO1. The van der Waals surface area contributed by atoms with E-state index in [0.717, 1.165) is 24.2 Å². The number of hydrogen-bond acceptors (Lipinski definition) is 3. The van der Waals surface area contributed by atoms with E-state index in [1.165, 1.54) is 12.1 Å². The van der Waals surface area contributed by atoms with E-state index in [0.29, 0.717) is 26.2 Å². The summed E-state index contributed by atoms with van der Waals surface area (Å²) in [5.41, 5.74) is 1.23. The average molecular weight is 393 g/mol. The number of amides is 1. The standard InChI is InChI=1S/C23H24FN3O2/c24-21-11-5-4-10-20(21)23(28)27(16-19-9-6-14-29-19)17-22-25-12-13-26(22)15-18-7-2-1-3-8-18/h1-5,7-8,10-13,19H,6,9,14-17H2/t19-/m1/s1. The molecule has 2 heterocycles. The molecule has 1 fully saturated rings. The molecule has 150 valence electrons. The third-order valence-corrected chi connectivity index (χ3v) is 5.17. The zero-order chi connectivity index (χ0) is 20.1. The molecule has 1 aliphatic rings. The first-order chi connectivity index (χ1) is 14.2. The Hall–Kier alpha value is -2.99. The van der Waals surface area contributed by atoms with Crippen LogP contribution in [0.25, 0.3) is 0 Å². The molecular formula is C23H24FN3O2. The van der Waals surface area contributed by atoms with Crippen LogP contribution in [0.3, 0.4) is 0 Å². The number of carbonyl (C=O) groups excluding carboxylic acids is 1. The van der Waals surface area contributed by atoms with Crippen molar-refractivity contribution in [1.29, 1.82) is 0 Å². The van der Waals surface area contributed by atoms with E-state index < -0.39 is 5.82 Å². The van der Waals surface area contributed by atoms with Gasteiger partial charge in [0.05, 0.1) is 18.2 Å². The molecule has 6 heteroatoms. The number of carbonyl (C=O) groups is 1. The summed E-state index contributed by atoms with van der Waals surface area (Å²) < 4.78 is 22.0. The van der Waals surface area contributed by atoms with Crippen molar-refractivity contribution in [3.63, 3.8) is 0 Å². The summed E-state index contributed by atoms with van der Waals surface area (Å²) in [7, 11) is 0. The molecule has 1 aromatic heterocycles. The lowest BCUT2D eigenvalue weighted by Crippen LogP contribution is -2.38. The highest BCUT2D eigenvalue weighted by Crippen LogP contribution is 2.18. The fraction of sp³-hybridized carbons (Fsp3) is 0.304. The smallest absolute Gasteiger partial charge is 0.257 e. The van der Waals surface area contributed by atoms with E-state index in [1.807, 2.05) is 29.0 Å². The molecule has 0 spiro atoms. The van der Waals surface area contributed by atoms with Crippen molar-refractivity contribution >= 4 is 5.91 Å². The second-order valence-electron chi connectivity index (χ2n) is 7.26. The molecule has 4 rings (SSSR count). The summed E-state index contributed by atoms with van der Waals surface area (Å²) in [6.07, 6.45) is 5.49. The lowest BCUT2D eigenvalue weighted by molar-refractivity contribution is 0.0495. The highest BCUT2D eigenvalue weighted by Gasteiger charge is 2.26. The minimum absolute atomic E-state index is 0.0248. The molecule has 3 aromatic rings. The molecule has 1 amide bonds. The van der Waals surface area contributed by atoms with Crippen LogP contribution in [0, 0.1) is 5.82 Å². The lowest BCUT2D eigenvalue weighted by atomic mass is 10.1. The van der Waals surface area contributed by atoms with Crippen molar-refractivity contribution in [1.82, 2.24) is 14.5 Å². The molecule has 5 nitrogen and oxygen atoms in total. The summed E-state index contributed by atoms with van der Waals surface area (Å²) >= 11 is 0. The van der Waals surface area contributed by atoms with Crippen LogP contribution in [-0.4, -0.2) is 39.6 Å². The summed E-state index contributed by atoms with van der Waals surface area (Å²) in [5.74, 6) is -0.0909. The molecular weight excluding hydrogens is 369 g/mol.